The van der Waals surface area contributed by atoms with E-state index in [1.54, 1.807) is 12.1 Å². The molecule has 3 heteroatoms. The summed E-state index contributed by atoms with van der Waals surface area (Å²) in [4.78, 5) is 0. The highest BCUT2D eigenvalue weighted by Crippen LogP contribution is 2.27. The Balaban J connectivity index is 2.20. The Morgan fingerprint density at radius 3 is 2.47 bits per heavy atom. The Hall–Kier alpha value is -1.38. The standard InChI is InChI=1S/C14H12ClFO/c15-14-11(7-4-8-12(14)16)13(17)9-10-5-2-1-3-6-10/h1-8,13,17H,9H2. The molecule has 0 saturated carbocycles. The van der Waals surface area contributed by atoms with Crippen molar-refractivity contribution in [2.45, 2.75) is 12.5 Å². The van der Waals surface area contributed by atoms with Crippen LogP contribution in [0.2, 0.25) is 5.02 Å². The number of rotatable bonds is 3. The Bertz CT molecular complexity index is 499. The van der Waals surface area contributed by atoms with Gasteiger partial charge in [-0.3, -0.25) is 0 Å². The Labute approximate surface area is 104 Å². The SMILES string of the molecule is OC(Cc1ccccc1)c1cccc(F)c1Cl. The number of benzene rings is 2. The van der Waals surface area contributed by atoms with Crippen LogP contribution in [-0.2, 0) is 6.42 Å². The van der Waals surface area contributed by atoms with Gasteiger partial charge in [0.25, 0.3) is 0 Å². The summed E-state index contributed by atoms with van der Waals surface area (Å²) in [7, 11) is 0. The molecule has 0 aromatic heterocycles. The zero-order valence-corrected chi connectivity index (χ0v) is 9.86. The molecule has 1 unspecified atom stereocenters. The Morgan fingerprint density at radius 1 is 1.06 bits per heavy atom. The van der Waals surface area contributed by atoms with Crippen molar-refractivity contribution in [3.05, 3.63) is 70.5 Å². The number of halogens is 2. The molecule has 88 valence electrons. The molecule has 0 bridgehead atoms. The van der Waals surface area contributed by atoms with Gasteiger partial charge in [0.2, 0.25) is 0 Å². The van der Waals surface area contributed by atoms with Crippen LogP contribution in [0.1, 0.15) is 17.2 Å². The molecule has 17 heavy (non-hydrogen) atoms. The van der Waals surface area contributed by atoms with E-state index >= 15 is 0 Å². The van der Waals surface area contributed by atoms with E-state index in [0.29, 0.717) is 12.0 Å². The van der Waals surface area contributed by atoms with Gasteiger partial charge in [-0.05, 0) is 11.6 Å². The minimum Gasteiger partial charge on any atom is -0.388 e. The van der Waals surface area contributed by atoms with Crippen molar-refractivity contribution in [2.75, 3.05) is 0 Å². The summed E-state index contributed by atoms with van der Waals surface area (Å²) in [5.41, 5.74) is 1.41. The van der Waals surface area contributed by atoms with Crippen molar-refractivity contribution < 1.29 is 9.50 Å². The lowest BCUT2D eigenvalue weighted by Gasteiger charge is -2.13. The van der Waals surface area contributed by atoms with Crippen LogP contribution in [-0.4, -0.2) is 5.11 Å². The van der Waals surface area contributed by atoms with Gasteiger partial charge in [-0.1, -0.05) is 54.1 Å². The second-order valence-corrected chi connectivity index (χ2v) is 4.23. The van der Waals surface area contributed by atoms with Crippen molar-refractivity contribution in [1.82, 2.24) is 0 Å². The zero-order chi connectivity index (χ0) is 12.3. The van der Waals surface area contributed by atoms with E-state index in [0.717, 1.165) is 5.56 Å². The molecule has 0 spiro atoms. The summed E-state index contributed by atoms with van der Waals surface area (Å²) in [6.07, 6.45) is -0.370. The fraction of sp³-hybridized carbons (Fsp3) is 0.143. The first-order valence-corrected chi connectivity index (χ1v) is 5.72. The van der Waals surface area contributed by atoms with Gasteiger partial charge in [-0.25, -0.2) is 4.39 Å². The van der Waals surface area contributed by atoms with Crippen molar-refractivity contribution in [2.24, 2.45) is 0 Å². The maximum atomic E-state index is 13.2. The molecule has 2 aromatic carbocycles. The molecule has 1 atom stereocenters. The molecule has 0 fully saturated rings. The van der Waals surface area contributed by atoms with Crippen molar-refractivity contribution in [3.63, 3.8) is 0 Å². The van der Waals surface area contributed by atoms with Crippen molar-refractivity contribution >= 4 is 11.6 Å². The fourth-order valence-corrected chi connectivity index (χ4v) is 1.98. The normalized spacial score (nSPS) is 12.4. The van der Waals surface area contributed by atoms with E-state index in [2.05, 4.69) is 0 Å². The van der Waals surface area contributed by atoms with Crippen LogP contribution in [0.5, 0.6) is 0 Å². The molecule has 2 rings (SSSR count). The van der Waals surface area contributed by atoms with E-state index in [1.165, 1.54) is 6.07 Å². The molecule has 0 aliphatic heterocycles. The minimum absolute atomic E-state index is 0.00377. The predicted octanol–water partition coefficient (Wildman–Crippen LogP) is 3.76. The lowest BCUT2D eigenvalue weighted by molar-refractivity contribution is 0.178. The zero-order valence-electron chi connectivity index (χ0n) is 9.11. The third kappa shape index (κ3) is 2.84. The van der Waals surface area contributed by atoms with E-state index in [-0.39, 0.29) is 5.02 Å². The van der Waals surface area contributed by atoms with Crippen LogP contribution < -0.4 is 0 Å². The van der Waals surface area contributed by atoms with Crippen LogP contribution >= 0.6 is 11.6 Å². The van der Waals surface area contributed by atoms with Gasteiger partial charge >= 0.3 is 0 Å². The average molecular weight is 251 g/mol. The van der Waals surface area contributed by atoms with Crippen molar-refractivity contribution in [3.8, 4) is 0 Å². The third-order valence-electron chi connectivity index (χ3n) is 2.61. The van der Waals surface area contributed by atoms with Gasteiger partial charge in [0.1, 0.15) is 5.82 Å². The van der Waals surface area contributed by atoms with Gasteiger partial charge in [-0.15, -0.1) is 0 Å². The second-order valence-electron chi connectivity index (χ2n) is 3.85. The van der Waals surface area contributed by atoms with E-state index < -0.39 is 11.9 Å². The fourth-order valence-electron chi connectivity index (χ4n) is 1.73. The Kier molecular flexibility index (Phi) is 3.77. The molecule has 0 aliphatic rings. The van der Waals surface area contributed by atoms with Gasteiger partial charge in [0.05, 0.1) is 11.1 Å². The molecular formula is C14H12ClFO. The minimum atomic E-state index is -0.791. The first-order chi connectivity index (χ1) is 8.18. The van der Waals surface area contributed by atoms with E-state index in [4.69, 9.17) is 11.6 Å². The molecule has 0 saturated heterocycles. The molecule has 1 N–H and O–H groups in total. The molecule has 0 radical (unpaired) electrons. The molecule has 2 aromatic rings. The smallest absolute Gasteiger partial charge is 0.142 e. The second kappa shape index (κ2) is 5.30. The molecule has 0 heterocycles. The summed E-state index contributed by atoms with van der Waals surface area (Å²) < 4.78 is 13.2. The first-order valence-electron chi connectivity index (χ1n) is 5.34. The largest absolute Gasteiger partial charge is 0.388 e. The topological polar surface area (TPSA) is 20.2 Å². The van der Waals surface area contributed by atoms with Crippen molar-refractivity contribution in [1.29, 1.82) is 0 Å². The number of hydrogen-bond donors (Lipinski definition) is 1. The van der Waals surface area contributed by atoms with Crippen LogP contribution in [0, 0.1) is 5.82 Å². The summed E-state index contributed by atoms with van der Waals surface area (Å²) >= 11 is 5.82. The molecule has 1 nitrogen and oxygen atoms in total. The predicted molar refractivity (Wildman–Crippen MR) is 66.5 cm³/mol. The maximum absolute atomic E-state index is 13.2. The van der Waals surface area contributed by atoms with Gasteiger partial charge in [0, 0.05) is 12.0 Å². The third-order valence-corrected chi connectivity index (χ3v) is 3.01. The maximum Gasteiger partial charge on any atom is 0.142 e. The average Bonchev–Trinajstić information content (AvgIpc) is 2.34. The summed E-state index contributed by atoms with van der Waals surface area (Å²) in [5.74, 6) is -0.503. The van der Waals surface area contributed by atoms with Gasteiger partial charge < -0.3 is 5.11 Å². The van der Waals surface area contributed by atoms with Crippen LogP contribution in [0.15, 0.2) is 48.5 Å². The van der Waals surface area contributed by atoms with Crippen LogP contribution in [0.25, 0.3) is 0 Å². The number of aliphatic hydroxyl groups excluding tert-OH is 1. The summed E-state index contributed by atoms with van der Waals surface area (Å²) in [6.45, 7) is 0. The summed E-state index contributed by atoms with van der Waals surface area (Å²) in [6, 6.07) is 14.0. The summed E-state index contributed by atoms with van der Waals surface area (Å²) in [5, 5.41) is 10.0. The monoisotopic (exact) mass is 250 g/mol. The lowest BCUT2D eigenvalue weighted by Crippen LogP contribution is -2.03. The molecular weight excluding hydrogens is 239 g/mol. The van der Waals surface area contributed by atoms with Crippen LogP contribution in [0.4, 0.5) is 4.39 Å². The van der Waals surface area contributed by atoms with Crippen LogP contribution in [0.3, 0.4) is 0 Å². The van der Waals surface area contributed by atoms with Gasteiger partial charge in [0.15, 0.2) is 0 Å². The number of aliphatic hydroxyl groups is 1. The highest BCUT2D eigenvalue weighted by atomic mass is 35.5. The quantitative estimate of drug-likeness (QED) is 0.880. The lowest BCUT2D eigenvalue weighted by atomic mass is 10.0. The highest BCUT2D eigenvalue weighted by molar-refractivity contribution is 6.31. The van der Waals surface area contributed by atoms with E-state index in [9.17, 15) is 9.50 Å². The molecule has 0 aliphatic carbocycles. The Morgan fingerprint density at radius 2 is 1.76 bits per heavy atom. The van der Waals surface area contributed by atoms with E-state index in [1.807, 2.05) is 30.3 Å². The van der Waals surface area contributed by atoms with Gasteiger partial charge in [-0.2, -0.15) is 0 Å². The highest BCUT2D eigenvalue weighted by Gasteiger charge is 2.14. The number of hydrogen-bond acceptors (Lipinski definition) is 1. The first kappa shape index (κ1) is 12.1. The molecule has 0 amide bonds.